The largest absolute Gasteiger partial charge is 0.410 e. The lowest BCUT2D eigenvalue weighted by Crippen LogP contribution is -2.17. The van der Waals surface area contributed by atoms with Gasteiger partial charge in [-0.1, -0.05) is 5.16 Å². The molecule has 0 aromatic rings. The van der Waals surface area contributed by atoms with Crippen molar-refractivity contribution in [1.29, 1.82) is 0 Å². The molecule has 0 aromatic carbocycles. The Balaban J connectivity index is 3.83. The molecule has 0 rings (SSSR count). The van der Waals surface area contributed by atoms with Crippen LogP contribution in [0.15, 0.2) is 5.16 Å². The van der Waals surface area contributed by atoms with Gasteiger partial charge in [0.05, 0.1) is 0 Å². The van der Waals surface area contributed by atoms with Crippen LogP contribution >= 0.6 is 0 Å². The van der Waals surface area contributed by atoms with Crippen molar-refractivity contribution in [3.05, 3.63) is 0 Å². The van der Waals surface area contributed by atoms with Crippen molar-refractivity contribution >= 4 is 11.7 Å². The second-order valence-electron chi connectivity index (χ2n) is 1.09. The Hall–Kier alpha value is -1.10. The van der Waals surface area contributed by atoms with Crippen LogP contribution in [0.3, 0.4) is 0 Å². The quantitative estimate of drug-likeness (QED) is 0.269. The first-order valence-electron chi connectivity index (χ1n) is 1.82. The fourth-order valence-corrected chi connectivity index (χ4v) is 0.126. The molecule has 0 heterocycles. The van der Waals surface area contributed by atoms with Crippen LogP contribution in [0.4, 0.5) is 0 Å². The molecule has 0 aliphatic carbocycles. The molecule has 0 saturated heterocycles. The first-order chi connectivity index (χ1) is 3.72. The van der Waals surface area contributed by atoms with Gasteiger partial charge in [0.1, 0.15) is 0 Å². The van der Waals surface area contributed by atoms with Gasteiger partial charge in [0.15, 0.2) is 5.71 Å². The number of carbonyl (C=O) groups is 1. The monoisotopic (exact) mass is 118 g/mol. The summed E-state index contributed by atoms with van der Waals surface area (Å²) in [4.78, 5) is 13.8. The van der Waals surface area contributed by atoms with E-state index in [2.05, 4.69) is 15.9 Å². The summed E-state index contributed by atoms with van der Waals surface area (Å²) in [6, 6.07) is 0. The summed E-state index contributed by atoms with van der Waals surface area (Å²) in [6.45, 7) is 1.27. The van der Waals surface area contributed by atoms with Crippen LogP contribution in [0.1, 0.15) is 6.92 Å². The Morgan fingerprint density at radius 3 is 2.50 bits per heavy atom. The van der Waals surface area contributed by atoms with Crippen molar-refractivity contribution in [3.8, 4) is 0 Å². The van der Waals surface area contributed by atoms with Crippen molar-refractivity contribution in [2.24, 2.45) is 11.1 Å². The number of carbonyl (C=O) groups excluding carboxylic acids is 1. The number of nitrogens with two attached hydrogens (primary N) is 1. The van der Waals surface area contributed by atoms with E-state index in [9.17, 15) is 4.79 Å². The smallest absolute Gasteiger partial charge is 0.374 e. The fourth-order valence-electron chi connectivity index (χ4n) is 0.126. The summed E-state index contributed by atoms with van der Waals surface area (Å²) in [7, 11) is 0. The predicted molar refractivity (Wildman–Crippen MR) is 25.2 cm³/mol. The zero-order valence-electron chi connectivity index (χ0n) is 4.29. The predicted octanol–water partition coefficient (Wildman–Crippen LogP) is -0.747. The van der Waals surface area contributed by atoms with E-state index in [1.165, 1.54) is 6.92 Å². The summed E-state index contributed by atoms with van der Waals surface area (Å²) in [5.74, 6) is 3.57. The Labute approximate surface area is 45.7 Å². The first-order valence-corrected chi connectivity index (χ1v) is 1.82. The highest BCUT2D eigenvalue weighted by molar-refractivity contribution is 6.35. The van der Waals surface area contributed by atoms with Gasteiger partial charge in [0.2, 0.25) is 0 Å². The second kappa shape index (κ2) is 2.98. The van der Waals surface area contributed by atoms with Crippen molar-refractivity contribution in [1.82, 2.24) is 0 Å². The van der Waals surface area contributed by atoms with Gasteiger partial charge in [0.25, 0.3) is 0 Å². The molecule has 0 aromatic heterocycles. The zero-order chi connectivity index (χ0) is 6.57. The Kier molecular flexibility index (Phi) is 2.57. The van der Waals surface area contributed by atoms with Crippen LogP contribution in [-0.2, 0) is 9.63 Å². The molecule has 0 bridgehead atoms. The minimum Gasteiger partial charge on any atom is -0.410 e. The van der Waals surface area contributed by atoms with Gasteiger partial charge in [-0.3, -0.25) is 0 Å². The van der Waals surface area contributed by atoms with Crippen molar-refractivity contribution < 1.29 is 14.8 Å². The topological polar surface area (TPSA) is 84.9 Å². The summed E-state index contributed by atoms with van der Waals surface area (Å²) < 4.78 is 0. The van der Waals surface area contributed by atoms with E-state index < -0.39 is 5.97 Å². The maximum absolute atomic E-state index is 10.1. The average Bonchev–Trinajstić information content (AvgIpc) is 1.84. The molecule has 0 radical (unpaired) electrons. The molecule has 8 heavy (non-hydrogen) atoms. The molecule has 0 spiro atoms. The van der Waals surface area contributed by atoms with E-state index in [4.69, 9.17) is 5.21 Å². The third-order valence-electron chi connectivity index (χ3n) is 0.552. The van der Waals surface area contributed by atoms with Gasteiger partial charge in [0, 0.05) is 0 Å². The molecule has 0 aliphatic heterocycles. The van der Waals surface area contributed by atoms with E-state index in [-0.39, 0.29) is 5.71 Å². The summed E-state index contributed by atoms with van der Waals surface area (Å²) >= 11 is 0. The molecule has 0 aliphatic rings. The highest BCUT2D eigenvalue weighted by Gasteiger charge is 2.03. The van der Waals surface area contributed by atoms with Crippen LogP contribution in [0.2, 0.25) is 0 Å². The molecule has 46 valence electrons. The molecule has 0 saturated carbocycles. The lowest BCUT2D eigenvalue weighted by molar-refractivity contribution is -0.136. The highest BCUT2D eigenvalue weighted by atomic mass is 16.7. The average molecular weight is 118 g/mol. The normalized spacial score (nSPS) is 11.0. The maximum atomic E-state index is 10.1. The highest BCUT2D eigenvalue weighted by Crippen LogP contribution is 1.75. The first kappa shape index (κ1) is 6.90. The van der Waals surface area contributed by atoms with Gasteiger partial charge >= 0.3 is 5.97 Å². The standard InChI is InChI=1S/C3H6N2O3/c1-2(5-7)3(6)8-4/h7H,4H2,1H3/b5-2+. The number of hydrogen-bond donors (Lipinski definition) is 2. The number of nitrogens with zero attached hydrogens (tertiary/aromatic N) is 1. The summed E-state index contributed by atoms with van der Waals surface area (Å²) in [5, 5.41) is 10.4. The van der Waals surface area contributed by atoms with Gasteiger partial charge in [-0.25, -0.2) is 4.79 Å². The van der Waals surface area contributed by atoms with E-state index in [0.29, 0.717) is 0 Å². The fraction of sp³-hybridized carbons (Fsp3) is 0.333. The zero-order valence-corrected chi connectivity index (χ0v) is 4.29. The van der Waals surface area contributed by atoms with Gasteiger partial charge in [-0.15, -0.1) is 0 Å². The summed E-state index contributed by atoms with van der Waals surface area (Å²) in [6.07, 6.45) is 0. The molecule has 0 atom stereocenters. The molecular formula is C3H6N2O3. The summed E-state index contributed by atoms with van der Waals surface area (Å²) in [5.41, 5.74) is -0.174. The third kappa shape index (κ3) is 1.57. The molecular weight excluding hydrogens is 112 g/mol. The maximum Gasteiger partial charge on any atom is 0.374 e. The van der Waals surface area contributed by atoms with E-state index >= 15 is 0 Å². The van der Waals surface area contributed by atoms with Crippen molar-refractivity contribution in [2.75, 3.05) is 0 Å². The van der Waals surface area contributed by atoms with Gasteiger partial charge in [-0.05, 0) is 6.92 Å². The van der Waals surface area contributed by atoms with Crippen LogP contribution < -0.4 is 5.90 Å². The second-order valence-corrected chi connectivity index (χ2v) is 1.09. The molecule has 5 nitrogen and oxygen atoms in total. The minimum atomic E-state index is -0.840. The van der Waals surface area contributed by atoms with E-state index in [0.717, 1.165) is 0 Å². The molecule has 5 heteroatoms. The van der Waals surface area contributed by atoms with E-state index in [1.807, 2.05) is 0 Å². The molecule has 3 N–H and O–H groups in total. The number of hydrogen-bond acceptors (Lipinski definition) is 5. The number of rotatable bonds is 1. The Morgan fingerprint density at radius 1 is 1.88 bits per heavy atom. The third-order valence-corrected chi connectivity index (χ3v) is 0.552. The van der Waals surface area contributed by atoms with Crippen LogP contribution in [0, 0.1) is 0 Å². The van der Waals surface area contributed by atoms with Crippen LogP contribution in [0.5, 0.6) is 0 Å². The molecule has 0 unspecified atom stereocenters. The molecule has 0 fully saturated rings. The van der Waals surface area contributed by atoms with Crippen molar-refractivity contribution in [2.45, 2.75) is 6.92 Å². The van der Waals surface area contributed by atoms with Gasteiger partial charge < -0.3 is 10.0 Å². The van der Waals surface area contributed by atoms with Crippen molar-refractivity contribution in [3.63, 3.8) is 0 Å². The number of oxime groups is 1. The van der Waals surface area contributed by atoms with Crippen LogP contribution in [0.25, 0.3) is 0 Å². The molecule has 0 amide bonds. The lowest BCUT2D eigenvalue weighted by atomic mass is 10.4. The minimum absolute atomic E-state index is 0.174. The van der Waals surface area contributed by atoms with E-state index in [1.54, 1.807) is 0 Å². The van der Waals surface area contributed by atoms with Crippen LogP contribution in [-0.4, -0.2) is 16.9 Å². The Morgan fingerprint density at radius 2 is 2.38 bits per heavy atom. The lowest BCUT2D eigenvalue weighted by Gasteiger charge is -1.90. The van der Waals surface area contributed by atoms with Gasteiger partial charge in [-0.2, -0.15) is 5.90 Å². The SMILES string of the molecule is C/C(=N\O)C(=O)ON. The Bertz CT molecular complexity index is 120.